The molecule has 0 aromatic carbocycles. The highest BCUT2D eigenvalue weighted by Crippen LogP contribution is 2.27. The summed E-state index contributed by atoms with van der Waals surface area (Å²) in [6.07, 6.45) is 8.40. The molecular weight excluding hydrogens is 250 g/mol. The van der Waals surface area contributed by atoms with Crippen molar-refractivity contribution in [2.45, 2.75) is 38.5 Å². The monoisotopic (exact) mass is 281 g/mol. The minimum atomic E-state index is 0.226. The Morgan fingerprint density at radius 1 is 1.00 bits per heavy atom. The Morgan fingerprint density at radius 3 is 2.35 bits per heavy atom. The summed E-state index contributed by atoms with van der Waals surface area (Å²) in [4.78, 5) is 18.4. The number of carbonyl (C=O) groups is 1. The molecule has 0 spiro atoms. The first-order chi connectivity index (χ1) is 9.65. The molecule has 4 nitrogen and oxygen atoms in total. The Labute approximate surface area is 124 Å². The number of amides is 1. The van der Waals surface area contributed by atoms with Gasteiger partial charge in [0.05, 0.1) is 6.54 Å². The van der Waals surface area contributed by atoms with Crippen molar-refractivity contribution >= 4 is 5.91 Å². The molecule has 1 saturated heterocycles. The molecule has 2 fully saturated rings. The van der Waals surface area contributed by atoms with Gasteiger partial charge in [0.2, 0.25) is 5.91 Å². The molecule has 0 unspecified atom stereocenters. The van der Waals surface area contributed by atoms with E-state index in [1.165, 1.54) is 51.6 Å². The van der Waals surface area contributed by atoms with E-state index in [1.54, 1.807) is 4.90 Å². The van der Waals surface area contributed by atoms with Gasteiger partial charge in [0.15, 0.2) is 0 Å². The van der Waals surface area contributed by atoms with Crippen molar-refractivity contribution in [1.82, 2.24) is 14.7 Å². The maximum Gasteiger partial charge on any atom is 0.236 e. The van der Waals surface area contributed by atoms with Crippen LogP contribution in [0.3, 0.4) is 0 Å². The zero-order valence-corrected chi connectivity index (χ0v) is 13.3. The minimum Gasteiger partial charge on any atom is -0.348 e. The Bertz CT molecular complexity index is 300. The summed E-state index contributed by atoms with van der Waals surface area (Å²) in [6.45, 7) is 6.31. The SMILES string of the molecule is CN(C)C(=O)CN1CCCN(CCC2CCCC2)CC1. The zero-order valence-electron chi connectivity index (χ0n) is 13.3. The molecule has 4 heteroatoms. The molecule has 1 saturated carbocycles. The van der Waals surface area contributed by atoms with Crippen LogP contribution in [0, 0.1) is 5.92 Å². The summed E-state index contributed by atoms with van der Waals surface area (Å²) in [7, 11) is 3.68. The van der Waals surface area contributed by atoms with Crippen LogP contribution in [0.15, 0.2) is 0 Å². The maximum absolute atomic E-state index is 11.8. The molecule has 116 valence electrons. The highest BCUT2D eigenvalue weighted by Gasteiger charge is 2.20. The van der Waals surface area contributed by atoms with E-state index >= 15 is 0 Å². The number of hydrogen-bond acceptors (Lipinski definition) is 3. The molecule has 1 heterocycles. The summed E-state index contributed by atoms with van der Waals surface area (Å²) in [5.41, 5.74) is 0. The second-order valence-corrected chi connectivity index (χ2v) is 6.70. The van der Waals surface area contributed by atoms with Crippen LogP contribution in [0.1, 0.15) is 38.5 Å². The van der Waals surface area contributed by atoms with E-state index in [-0.39, 0.29) is 5.91 Å². The van der Waals surface area contributed by atoms with E-state index < -0.39 is 0 Å². The van der Waals surface area contributed by atoms with Crippen LogP contribution in [-0.4, -0.2) is 74.0 Å². The molecule has 0 aromatic rings. The van der Waals surface area contributed by atoms with Gasteiger partial charge in [-0.1, -0.05) is 25.7 Å². The largest absolute Gasteiger partial charge is 0.348 e. The van der Waals surface area contributed by atoms with Gasteiger partial charge in [-0.05, 0) is 38.4 Å². The lowest BCUT2D eigenvalue weighted by atomic mass is 10.0. The lowest BCUT2D eigenvalue weighted by Crippen LogP contribution is -2.38. The fraction of sp³-hybridized carbons (Fsp3) is 0.938. The third-order valence-corrected chi connectivity index (χ3v) is 4.87. The fourth-order valence-electron chi connectivity index (χ4n) is 3.40. The Kier molecular flexibility index (Phi) is 6.30. The number of rotatable bonds is 5. The van der Waals surface area contributed by atoms with E-state index in [9.17, 15) is 4.79 Å². The molecule has 1 aliphatic carbocycles. The van der Waals surface area contributed by atoms with Gasteiger partial charge in [-0.25, -0.2) is 0 Å². The topological polar surface area (TPSA) is 26.8 Å². The Hall–Kier alpha value is -0.610. The number of carbonyl (C=O) groups excluding carboxylic acids is 1. The van der Waals surface area contributed by atoms with Crippen LogP contribution < -0.4 is 0 Å². The third kappa shape index (κ3) is 5.06. The highest BCUT2D eigenvalue weighted by atomic mass is 16.2. The van der Waals surface area contributed by atoms with E-state index in [0.717, 1.165) is 25.6 Å². The molecule has 0 bridgehead atoms. The summed E-state index contributed by atoms with van der Waals surface area (Å²) < 4.78 is 0. The molecule has 1 aliphatic heterocycles. The Morgan fingerprint density at radius 2 is 1.65 bits per heavy atom. The van der Waals surface area contributed by atoms with Gasteiger partial charge in [0, 0.05) is 27.2 Å². The van der Waals surface area contributed by atoms with Crippen molar-refractivity contribution in [2.75, 3.05) is 53.4 Å². The molecule has 2 rings (SSSR count). The first kappa shape index (κ1) is 15.8. The summed E-state index contributed by atoms with van der Waals surface area (Å²) in [6, 6.07) is 0. The van der Waals surface area contributed by atoms with Crippen LogP contribution in [0.2, 0.25) is 0 Å². The first-order valence-electron chi connectivity index (χ1n) is 8.30. The van der Waals surface area contributed by atoms with Crippen LogP contribution in [0.4, 0.5) is 0 Å². The predicted molar refractivity (Wildman–Crippen MR) is 82.8 cm³/mol. The summed E-state index contributed by atoms with van der Waals surface area (Å²) in [5, 5.41) is 0. The van der Waals surface area contributed by atoms with Gasteiger partial charge in [0.25, 0.3) is 0 Å². The van der Waals surface area contributed by atoms with Crippen LogP contribution in [-0.2, 0) is 4.79 Å². The highest BCUT2D eigenvalue weighted by molar-refractivity contribution is 5.77. The van der Waals surface area contributed by atoms with Gasteiger partial charge in [-0.15, -0.1) is 0 Å². The second-order valence-electron chi connectivity index (χ2n) is 6.70. The number of hydrogen-bond donors (Lipinski definition) is 0. The van der Waals surface area contributed by atoms with Crippen LogP contribution in [0.5, 0.6) is 0 Å². The number of nitrogens with zero attached hydrogens (tertiary/aromatic N) is 3. The standard InChI is InChI=1S/C16H31N3O/c1-17(2)16(20)14-19-10-5-9-18(12-13-19)11-8-15-6-3-4-7-15/h15H,3-14H2,1-2H3. The van der Waals surface area contributed by atoms with Gasteiger partial charge < -0.3 is 9.80 Å². The van der Waals surface area contributed by atoms with E-state index in [0.29, 0.717) is 6.54 Å². The first-order valence-corrected chi connectivity index (χ1v) is 8.30. The predicted octanol–water partition coefficient (Wildman–Crippen LogP) is 1.66. The summed E-state index contributed by atoms with van der Waals surface area (Å²) >= 11 is 0. The molecule has 0 aromatic heterocycles. The van der Waals surface area contributed by atoms with Gasteiger partial charge in [-0.2, -0.15) is 0 Å². The van der Waals surface area contributed by atoms with Crippen molar-refractivity contribution in [3.63, 3.8) is 0 Å². The average molecular weight is 281 g/mol. The average Bonchev–Trinajstić information content (AvgIpc) is 2.84. The van der Waals surface area contributed by atoms with Gasteiger partial charge in [-0.3, -0.25) is 9.69 Å². The zero-order chi connectivity index (χ0) is 14.4. The van der Waals surface area contributed by atoms with Crippen molar-refractivity contribution < 1.29 is 4.79 Å². The Balaban J connectivity index is 1.67. The molecule has 20 heavy (non-hydrogen) atoms. The van der Waals surface area contributed by atoms with Gasteiger partial charge in [0.1, 0.15) is 0 Å². The lowest BCUT2D eigenvalue weighted by molar-refractivity contribution is -0.129. The number of likely N-dealkylation sites (N-methyl/N-ethyl adjacent to an activating group) is 1. The van der Waals surface area contributed by atoms with Crippen molar-refractivity contribution in [3.8, 4) is 0 Å². The lowest BCUT2D eigenvalue weighted by Gasteiger charge is -2.23. The molecular formula is C16H31N3O. The van der Waals surface area contributed by atoms with Crippen LogP contribution >= 0.6 is 0 Å². The maximum atomic E-state index is 11.8. The smallest absolute Gasteiger partial charge is 0.236 e. The van der Waals surface area contributed by atoms with Crippen molar-refractivity contribution in [1.29, 1.82) is 0 Å². The van der Waals surface area contributed by atoms with Crippen LogP contribution in [0.25, 0.3) is 0 Å². The fourth-order valence-corrected chi connectivity index (χ4v) is 3.40. The van der Waals surface area contributed by atoms with E-state index in [2.05, 4.69) is 9.80 Å². The van der Waals surface area contributed by atoms with Gasteiger partial charge >= 0.3 is 0 Å². The quantitative estimate of drug-likeness (QED) is 0.767. The third-order valence-electron chi connectivity index (χ3n) is 4.87. The van der Waals surface area contributed by atoms with E-state index in [4.69, 9.17) is 0 Å². The normalized spacial score (nSPS) is 22.9. The molecule has 2 aliphatic rings. The molecule has 1 amide bonds. The minimum absolute atomic E-state index is 0.226. The van der Waals surface area contributed by atoms with E-state index in [1.807, 2.05) is 14.1 Å². The second kappa shape index (κ2) is 7.99. The van der Waals surface area contributed by atoms with Crippen molar-refractivity contribution in [2.24, 2.45) is 5.92 Å². The molecule has 0 N–H and O–H groups in total. The summed E-state index contributed by atoms with van der Waals surface area (Å²) in [5.74, 6) is 1.22. The molecule has 0 radical (unpaired) electrons. The molecule has 0 atom stereocenters. The van der Waals surface area contributed by atoms with Crippen molar-refractivity contribution in [3.05, 3.63) is 0 Å².